The Morgan fingerprint density at radius 3 is 2.37 bits per heavy atom. The maximum Gasteiger partial charge on any atom is 0.338 e. The largest absolute Gasteiger partial charge is 0.490 e. The van der Waals surface area contributed by atoms with Crippen LogP contribution < -0.4 is 15.2 Å². The fraction of sp³-hybridized carbons (Fsp3) is 0.381. The van der Waals surface area contributed by atoms with Gasteiger partial charge < -0.3 is 29.4 Å². The van der Waals surface area contributed by atoms with Crippen LogP contribution in [0, 0.1) is 11.3 Å². The Kier molecular flexibility index (Phi) is 7.69. The third-order valence-corrected chi connectivity index (χ3v) is 4.34. The van der Waals surface area contributed by atoms with Crippen LogP contribution in [0.5, 0.6) is 11.5 Å². The zero-order valence-corrected chi connectivity index (χ0v) is 17.3. The molecule has 1 aliphatic heterocycles. The van der Waals surface area contributed by atoms with Crippen molar-refractivity contribution in [3.05, 3.63) is 46.6 Å². The summed E-state index contributed by atoms with van der Waals surface area (Å²) < 4.78 is 26.2. The smallest absolute Gasteiger partial charge is 0.338 e. The van der Waals surface area contributed by atoms with E-state index in [1.165, 1.54) is 14.2 Å². The number of hydrogen-bond donors (Lipinski definition) is 1. The van der Waals surface area contributed by atoms with E-state index in [0.29, 0.717) is 30.3 Å². The molecule has 30 heavy (non-hydrogen) atoms. The van der Waals surface area contributed by atoms with E-state index in [1.54, 1.807) is 18.2 Å². The monoisotopic (exact) mass is 416 g/mol. The number of esters is 2. The highest BCUT2D eigenvalue weighted by Crippen LogP contribution is 2.43. The van der Waals surface area contributed by atoms with Crippen LogP contribution in [-0.2, 0) is 23.8 Å². The van der Waals surface area contributed by atoms with E-state index in [0.717, 1.165) is 0 Å². The average Bonchev–Trinajstić information content (AvgIpc) is 2.74. The van der Waals surface area contributed by atoms with E-state index in [4.69, 9.17) is 24.7 Å². The zero-order chi connectivity index (χ0) is 22.3. The highest BCUT2D eigenvalue weighted by Gasteiger charge is 2.38. The second kappa shape index (κ2) is 10.2. The van der Waals surface area contributed by atoms with Gasteiger partial charge >= 0.3 is 11.9 Å². The van der Waals surface area contributed by atoms with Gasteiger partial charge in [-0.3, -0.25) is 4.79 Å². The maximum absolute atomic E-state index is 12.6. The van der Waals surface area contributed by atoms with Crippen LogP contribution in [-0.4, -0.2) is 39.4 Å². The van der Waals surface area contributed by atoms with Crippen LogP contribution in [0.3, 0.4) is 0 Å². The lowest BCUT2D eigenvalue weighted by Crippen LogP contribution is -2.27. The molecule has 9 nitrogen and oxygen atoms in total. The van der Waals surface area contributed by atoms with Crippen LogP contribution >= 0.6 is 0 Å². The van der Waals surface area contributed by atoms with Gasteiger partial charge in [0.05, 0.1) is 38.9 Å². The molecule has 1 atom stereocenters. The van der Waals surface area contributed by atoms with Crippen molar-refractivity contribution in [2.24, 2.45) is 5.73 Å². The molecule has 1 aliphatic rings. The molecule has 0 aliphatic carbocycles. The van der Waals surface area contributed by atoms with Crippen molar-refractivity contribution in [3.8, 4) is 17.6 Å². The summed E-state index contributed by atoms with van der Waals surface area (Å²) in [7, 11) is 2.40. The normalized spacial score (nSPS) is 15.8. The minimum absolute atomic E-state index is 0.00984. The van der Waals surface area contributed by atoms with E-state index >= 15 is 0 Å². The fourth-order valence-corrected chi connectivity index (χ4v) is 3.07. The molecule has 1 aromatic carbocycles. The Balaban J connectivity index is 2.70. The summed E-state index contributed by atoms with van der Waals surface area (Å²) in [4.78, 5) is 24.5. The molecule has 160 valence electrons. The number of carbonyl (C=O) groups is 2. The molecule has 0 bridgehead atoms. The molecule has 0 aromatic heterocycles. The molecule has 0 fully saturated rings. The lowest BCUT2D eigenvalue weighted by atomic mass is 9.82. The van der Waals surface area contributed by atoms with Gasteiger partial charge in [-0.1, -0.05) is 6.07 Å². The summed E-state index contributed by atoms with van der Waals surface area (Å²) in [6.07, 6.45) is -0.355. The third-order valence-electron chi connectivity index (χ3n) is 4.34. The second-order valence-electron chi connectivity index (χ2n) is 6.08. The number of methoxy groups -OCH3 is 2. The van der Waals surface area contributed by atoms with E-state index in [9.17, 15) is 14.9 Å². The van der Waals surface area contributed by atoms with Crippen molar-refractivity contribution >= 4 is 11.9 Å². The number of nitriles is 1. The van der Waals surface area contributed by atoms with Gasteiger partial charge in [-0.15, -0.1) is 0 Å². The summed E-state index contributed by atoms with van der Waals surface area (Å²) in [5.41, 5.74) is 6.46. The van der Waals surface area contributed by atoms with Gasteiger partial charge in [-0.25, -0.2) is 4.79 Å². The number of benzene rings is 1. The number of nitrogens with two attached hydrogens (primary N) is 1. The predicted molar refractivity (Wildman–Crippen MR) is 105 cm³/mol. The van der Waals surface area contributed by atoms with Gasteiger partial charge in [0.15, 0.2) is 11.5 Å². The van der Waals surface area contributed by atoms with E-state index in [1.807, 2.05) is 19.9 Å². The number of carbonyl (C=O) groups excluding carboxylic acids is 2. The Hall–Kier alpha value is -3.67. The minimum Gasteiger partial charge on any atom is -0.490 e. The first kappa shape index (κ1) is 22.6. The van der Waals surface area contributed by atoms with Crippen LogP contribution in [0.25, 0.3) is 0 Å². The van der Waals surface area contributed by atoms with E-state index in [-0.39, 0.29) is 29.2 Å². The summed E-state index contributed by atoms with van der Waals surface area (Å²) >= 11 is 0. The summed E-state index contributed by atoms with van der Waals surface area (Å²) in [5.74, 6) is -1.61. The molecule has 9 heteroatoms. The van der Waals surface area contributed by atoms with Gasteiger partial charge in [0.1, 0.15) is 23.8 Å². The molecule has 2 N–H and O–H groups in total. The van der Waals surface area contributed by atoms with Crippen LogP contribution in [0.15, 0.2) is 41.0 Å². The maximum atomic E-state index is 12.6. The Bertz CT molecular complexity index is 928. The molecule has 2 rings (SSSR count). The molecule has 0 spiro atoms. The van der Waals surface area contributed by atoms with Crippen molar-refractivity contribution in [2.45, 2.75) is 26.2 Å². The quantitative estimate of drug-likeness (QED) is 0.634. The van der Waals surface area contributed by atoms with Gasteiger partial charge in [0, 0.05) is 0 Å². The molecule has 0 radical (unpaired) electrons. The van der Waals surface area contributed by atoms with Crippen LogP contribution in [0.2, 0.25) is 0 Å². The Labute approximate surface area is 174 Å². The number of hydrogen-bond acceptors (Lipinski definition) is 9. The Morgan fingerprint density at radius 1 is 1.13 bits per heavy atom. The molecule has 0 saturated heterocycles. The number of nitrogens with zero attached hydrogens (tertiary/aromatic N) is 1. The molecule has 0 amide bonds. The second-order valence-corrected chi connectivity index (χ2v) is 6.08. The van der Waals surface area contributed by atoms with Crippen molar-refractivity contribution in [1.29, 1.82) is 5.26 Å². The van der Waals surface area contributed by atoms with Gasteiger partial charge in [-0.05, 0) is 31.5 Å². The molecule has 1 unspecified atom stereocenters. The first-order valence-corrected chi connectivity index (χ1v) is 9.26. The predicted octanol–water partition coefficient (Wildman–Crippen LogP) is 2.28. The highest BCUT2D eigenvalue weighted by atomic mass is 16.5. The highest BCUT2D eigenvalue weighted by molar-refractivity contribution is 5.93. The first-order valence-electron chi connectivity index (χ1n) is 9.26. The average molecular weight is 416 g/mol. The van der Waals surface area contributed by atoms with Crippen molar-refractivity contribution < 1.29 is 33.3 Å². The van der Waals surface area contributed by atoms with Crippen LogP contribution in [0.4, 0.5) is 0 Å². The zero-order valence-electron chi connectivity index (χ0n) is 17.3. The standard InChI is InChI=1S/C21H24N2O7/c1-5-28-14-8-7-12(9-15(14)29-6-2)18-13(11-22)20(23)30-16(10-17(24)26-3)19(18)21(25)27-4/h7-9,18H,5-6,10,23H2,1-4H3. The van der Waals surface area contributed by atoms with Crippen molar-refractivity contribution in [2.75, 3.05) is 27.4 Å². The molecular weight excluding hydrogens is 392 g/mol. The van der Waals surface area contributed by atoms with Crippen LogP contribution in [0.1, 0.15) is 31.7 Å². The molecule has 1 aromatic rings. The van der Waals surface area contributed by atoms with Gasteiger partial charge in [-0.2, -0.15) is 5.26 Å². The van der Waals surface area contributed by atoms with E-state index < -0.39 is 17.9 Å². The summed E-state index contributed by atoms with van der Waals surface area (Å²) in [5, 5.41) is 9.70. The van der Waals surface area contributed by atoms with Gasteiger partial charge in [0.25, 0.3) is 0 Å². The number of allylic oxidation sites excluding steroid dienone is 1. The number of ether oxygens (including phenoxy) is 5. The SMILES string of the molecule is CCOc1ccc(C2C(C#N)=C(N)OC(CC(=O)OC)=C2C(=O)OC)cc1OCC. The number of rotatable bonds is 8. The van der Waals surface area contributed by atoms with Crippen molar-refractivity contribution in [3.63, 3.8) is 0 Å². The molecule has 0 saturated carbocycles. The lowest BCUT2D eigenvalue weighted by molar-refractivity contribution is -0.140. The molecule has 1 heterocycles. The van der Waals surface area contributed by atoms with Gasteiger partial charge in [0.2, 0.25) is 5.88 Å². The third kappa shape index (κ3) is 4.66. The molecular formula is C21H24N2O7. The fourth-order valence-electron chi connectivity index (χ4n) is 3.07. The minimum atomic E-state index is -0.925. The van der Waals surface area contributed by atoms with E-state index in [2.05, 4.69) is 4.74 Å². The first-order chi connectivity index (χ1) is 14.4. The Morgan fingerprint density at radius 2 is 1.80 bits per heavy atom. The lowest BCUT2D eigenvalue weighted by Gasteiger charge is -2.28. The summed E-state index contributed by atoms with van der Waals surface area (Å²) in [6, 6.07) is 7.02. The topological polar surface area (TPSA) is 130 Å². The summed E-state index contributed by atoms with van der Waals surface area (Å²) in [6.45, 7) is 4.48. The van der Waals surface area contributed by atoms with Crippen molar-refractivity contribution in [1.82, 2.24) is 0 Å².